The minimum atomic E-state index is -0.915. The predicted molar refractivity (Wildman–Crippen MR) is 102 cm³/mol. The lowest BCUT2D eigenvalue weighted by Crippen LogP contribution is -2.38. The van der Waals surface area contributed by atoms with Gasteiger partial charge in [-0.05, 0) is 50.1 Å². The van der Waals surface area contributed by atoms with Crippen molar-refractivity contribution < 1.29 is 19.4 Å². The second-order valence-corrected chi connectivity index (χ2v) is 6.55. The Bertz CT molecular complexity index is 755. The molecule has 0 bridgehead atoms. The Labute approximate surface area is 159 Å². The largest absolute Gasteiger partial charge is 0.481 e. The maximum absolute atomic E-state index is 12.9. The van der Waals surface area contributed by atoms with Gasteiger partial charge in [-0.3, -0.25) is 9.59 Å². The van der Waals surface area contributed by atoms with Crippen LogP contribution in [0.15, 0.2) is 36.7 Å². The Morgan fingerprint density at radius 3 is 2.56 bits per heavy atom. The van der Waals surface area contributed by atoms with Crippen LogP contribution < -0.4 is 0 Å². The van der Waals surface area contributed by atoms with Crippen LogP contribution in [0.5, 0.6) is 0 Å². The minimum Gasteiger partial charge on any atom is -0.481 e. The first-order valence-electron chi connectivity index (χ1n) is 9.14. The average molecular weight is 373 g/mol. The number of benzene rings is 1. The van der Waals surface area contributed by atoms with Gasteiger partial charge in [0.2, 0.25) is 0 Å². The summed E-state index contributed by atoms with van der Waals surface area (Å²) >= 11 is 0. The molecule has 2 aromatic rings. The second-order valence-electron chi connectivity index (χ2n) is 6.55. The standard InChI is InChI=1S/C20H27N3O4/c1-4-27-11-5-10-22(14-16(3)20(25)26)19(24)17-6-8-18(9-7-17)23-13-15(2)12-21-23/h6-9,12-13,16H,4-5,10-11,14H2,1-3H3,(H,25,26). The molecule has 7 heteroatoms. The van der Waals surface area contributed by atoms with Crippen LogP contribution >= 0.6 is 0 Å². The van der Waals surface area contributed by atoms with Gasteiger partial charge in [0, 0.05) is 38.1 Å². The molecule has 0 aliphatic rings. The summed E-state index contributed by atoms with van der Waals surface area (Å²) in [5.74, 6) is -1.72. The van der Waals surface area contributed by atoms with Crippen molar-refractivity contribution in [3.63, 3.8) is 0 Å². The van der Waals surface area contributed by atoms with E-state index >= 15 is 0 Å². The number of carbonyl (C=O) groups is 2. The van der Waals surface area contributed by atoms with Crippen molar-refractivity contribution in [2.45, 2.75) is 27.2 Å². The molecule has 146 valence electrons. The molecule has 1 unspecified atom stereocenters. The summed E-state index contributed by atoms with van der Waals surface area (Å²) in [5, 5.41) is 13.4. The zero-order valence-electron chi connectivity index (χ0n) is 16.1. The van der Waals surface area contributed by atoms with Crippen LogP contribution in [0.4, 0.5) is 0 Å². The van der Waals surface area contributed by atoms with Crippen molar-refractivity contribution in [3.8, 4) is 5.69 Å². The molecular weight excluding hydrogens is 346 g/mol. The van der Waals surface area contributed by atoms with Gasteiger partial charge in [-0.15, -0.1) is 0 Å². The van der Waals surface area contributed by atoms with Gasteiger partial charge in [-0.2, -0.15) is 5.10 Å². The molecule has 0 spiro atoms. The highest BCUT2D eigenvalue weighted by atomic mass is 16.5. The molecular formula is C20H27N3O4. The van der Waals surface area contributed by atoms with Crippen LogP contribution in [0.3, 0.4) is 0 Å². The van der Waals surface area contributed by atoms with E-state index in [2.05, 4.69) is 5.10 Å². The number of carboxylic acids is 1. The van der Waals surface area contributed by atoms with Crippen LogP contribution in [-0.2, 0) is 9.53 Å². The van der Waals surface area contributed by atoms with Crippen LogP contribution in [0.1, 0.15) is 36.2 Å². The fraction of sp³-hybridized carbons (Fsp3) is 0.450. The van der Waals surface area contributed by atoms with Gasteiger partial charge in [0.1, 0.15) is 0 Å². The number of ether oxygens (including phenoxy) is 1. The molecule has 27 heavy (non-hydrogen) atoms. The molecule has 1 amide bonds. The molecule has 1 aromatic carbocycles. The van der Waals surface area contributed by atoms with Crippen molar-refractivity contribution in [2.75, 3.05) is 26.3 Å². The fourth-order valence-corrected chi connectivity index (χ4v) is 2.68. The summed E-state index contributed by atoms with van der Waals surface area (Å²) in [6.45, 7) is 7.27. The van der Waals surface area contributed by atoms with Crippen LogP contribution in [-0.4, -0.2) is 58.0 Å². The van der Waals surface area contributed by atoms with Gasteiger partial charge in [0.05, 0.1) is 17.8 Å². The van der Waals surface area contributed by atoms with E-state index in [0.29, 0.717) is 31.7 Å². The van der Waals surface area contributed by atoms with Gasteiger partial charge in [0.15, 0.2) is 0 Å². The number of hydrogen-bond donors (Lipinski definition) is 1. The molecule has 0 aliphatic heterocycles. The quantitative estimate of drug-likeness (QED) is 0.647. The van der Waals surface area contributed by atoms with Gasteiger partial charge >= 0.3 is 5.97 Å². The molecule has 0 fully saturated rings. The lowest BCUT2D eigenvalue weighted by molar-refractivity contribution is -0.141. The van der Waals surface area contributed by atoms with Crippen molar-refractivity contribution in [1.82, 2.24) is 14.7 Å². The van der Waals surface area contributed by atoms with Crippen molar-refractivity contribution in [2.24, 2.45) is 5.92 Å². The van der Waals surface area contributed by atoms with Crippen molar-refractivity contribution in [3.05, 3.63) is 47.8 Å². The van der Waals surface area contributed by atoms with E-state index in [1.807, 2.05) is 32.2 Å². The Hall–Kier alpha value is -2.67. The van der Waals surface area contributed by atoms with Crippen LogP contribution in [0.2, 0.25) is 0 Å². The summed E-state index contributed by atoms with van der Waals surface area (Å²) in [7, 11) is 0. The molecule has 1 atom stereocenters. The third-order valence-electron chi connectivity index (χ3n) is 4.21. The molecule has 1 aromatic heterocycles. The Kier molecular flexibility index (Phi) is 7.55. The topological polar surface area (TPSA) is 84.7 Å². The molecule has 0 radical (unpaired) electrons. The first-order chi connectivity index (χ1) is 12.9. The highest BCUT2D eigenvalue weighted by Crippen LogP contribution is 2.13. The number of aromatic nitrogens is 2. The SMILES string of the molecule is CCOCCCN(CC(C)C(=O)O)C(=O)c1ccc(-n2cc(C)cn2)cc1. The number of carboxylic acid groups (broad SMARTS) is 1. The molecule has 1 N–H and O–H groups in total. The average Bonchev–Trinajstić information content (AvgIpc) is 3.10. The third kappa shape index (κ3) is 5.92. The van der Waals surface area contributed by atoms with E-state index in [4.69, 9.17) is 4.74 Å². The van der Waals surface area contributed by atoms with E-state index in [0.717, 1.165) is 11.3 Å². The predicted octanol–water partition coefficient (Wildman–Crippen LogP) is 2.77. The zero-order valence-corrected chi connectivity index (χ0v) is 16.1. The van der Waals surface area contributed by atoms with E-state index in [1.54, 1.807) is 34.8 Å². The molecule has 7 nitrogen and oxygen atoms in total. The number of nitrogens with zero attached hydrogens (tertiary/aromatic N) is 3. The Balaban J connectivity index is 2.10. The summed E-state index contributed by atoms with van der Waals surface area (Å²) in [6.07, 6.45) is 4.34. The first kappa shape index (κ1) is 20.6. The molecule has 0 aliphatic carbocycles. The molecule has 2 rings (SSSR count). The number of aryl methyl sites for hydroxylation is 1. The summed E-state index contributed by atoms with van der Waals surface area (Å²) < 4.78 is 7.07. The van der Waals surface area contributed by atoms with E-state index in [1.165, 1.54) is 0 Å². The number of amides is 1. The number of carbonyl (C=O) groups excluding carboxylic acids is 1. The number of aliphatic carboxylic acids is 1. The maximum Gasteiger partial charge on any atom is 0.308 e. The Morgan fingerprint density at radius 2 is 2.00 bits per heavy atom. The van der Waals surface area contributed by atoms with Gasteiger partial charge in [-0.25, -0.2) is 4.68 Å². The van der Waals surface area contributed by atoms with E-state index < -0.39 is 11.9 Å². The van der Waals surface area contributed by atoms with E-state index in [9.17, 15) is 14.7 Å². The molecule has 0 saturated heterocycles. The van der Waals surface area contributed by atoms with Crippen LogP contribution in [0.25, 0.3) is 5.69 Å². The number of hydrogen-bond acceptors (Lipinski definition) is 4. The van der Waals surface area contributed by atoms with Crippen molar-refractivity contribution in [1.29, 1.82) is 0 Å². The monoisotopic (exact) mass is 373 g/mol. The fourth-order valence-electron chi connectivity index (χ4n) is 2.68. The summed E-state index contributed by atoms with van der Waals surface area (Å²) in [4.78, 5) is 25.7. The van der Waals surface area contributed by atoms with Crippen molar-refractivity contribution >= 4 is 11.9 Å². The second kappa shape index (κ2) is 9.87. The molecule has 0 saturated carbocycles. The summed E-state index contributed by atoms with van der Waals surface area (Å²) in [5.41, 5.74) is 2.44. The van der Waals surface area contributed by atoms with Crippen LogP contribution in [0, 0.1) is 12.8 Å². The minimum absolute atomic E-state index is 0.167. The third-order valence-corrected chi connectivity index (χ3v) is 4.21. The summed E-state index contributed by atoms with van der Waals surface area (Å²) in [6, 6.07) is 7.16. The van der Waals surface area contributed by atoms with Gasteiger partial charge in [-0.1, -0.05) is 6.92 Å². The van der Waals surface area contributed by atoms with Gasteiger partial charge < -0.3 is 14.7 Å². The molecule has 1 heterocycles. The Morgan fingerprint density at radius 1 is 1.30 bits per heavy atom. The highest BCUT2D eigenvalue weighted by molar-refractivity contribution is 5.94. The maximum atomic E-state index is 12.9. The lowest BCUT2D eigenvalue weighted by atomic mass is 10.1. The normalized spacial score (nSPS) is 12.0. The number of rotatable bonds is 10. The first-order valence-corrected chi connectivity index (χ1v) is 9.14. The highest BCUT2D eigenvalue weighted by Gasteiger charge is 2.21. The smallest absolute Gasteiger partial charge is 0.308 e. The zero-order chi connectivity index (χ0) is 19.8. The van der Waals surface area contributed by atoms with Gasteiger partial charge in [0.25, 0.3) is 5.91 Å². The van der Waals surface area contributed by atoms with E-state index in [-0.39, 0.29) is 12.5 Å². The lowest BCUT2D eigenvalue weighted by Gasteiger charge is -2.24.